The Morgan fingerprint density at radius 2 is 2.08 bits per heavy atom. The van der Waals surface area contributed by atoms with Gasteiger partial charge in [0.05, 0.1) is 15.8 Å². The van der Waals surface area contributed by atoms with Gasteiger partial charge in [-0.2, -0.15) is 0 Å². The molecule has 6 nitrogen and oxygen atoms in total. The number of fused-ring (bicyclic) bond motifs is 1. The Bertz CT molecular complexity index is 1070. The standard InChI is InChI=1S/C18H14ClN3O3S/c1-2-9-21-17(23)14-10-13(19)7-8-15(14)20-18(21)26-11-12-5-3-4-6-16(12)22(24)25/h2-8,10H,1,9,11H2. The third kappa shape index (κ3) is 3.63. The fourth-order valence-corrected chi connectivity index (χ4v) is 3.70. The highest BCUT2D eigenvalue weighted by Crippen LogP contribution is 2.27. The number of halogens is 1. The van der Waals surface area contributed by atoms with Crippen LogP contribution in [0.1, 0.15) is 5.56 Å². The van der Waals surface area contributed by atoms with Crippen molar-refractivity contribution in [2.45, 2.75) is 17.5 Å². The number of benzene rings is 2. The SMILES string of the molecule is C=CCn1c(SCc2ccccc2[N+](=O)[O-])nc2ccc(Cl)cc2c1=O. The number of thioether (sulfide) groups is 1. The predicted octanol–water partition coefficient (Wildman–Crippen LogP) is 4.44. The van der Waals surface area contributed by atoms with Gasteiger partial charge in [0, 0.05) is 29.0 Å². The lowest BCUT2D eigenvalue weighted by molar-refractivity contribution is -0.385. The van der Waals surface area contributed by atoms with Gasteiger partial charge < -0.3 is 0 Å². The van der Waals surface area contributed by atoms with E-state index < -0.39 is 4.92 Å². The molecule has 0 radical (unpaired) electrons. The molecule has 132 valence electrons. The van der Waals surface area contributed by atoms with E-state index in [0.29, 0.717) is 32.4 Å². The largest absolute Gasteiger partial charge is 0.283 e. The molecule has 0 saturated carbocycles. The molecule has 26 heavy (non-hydrogen) atoms. The van der Waals surface area contributed by atoms with E-state index in [1.165, 1.54) is 22.4 Å². The summed E-state index contributed by atoms with van der Waals surface area (Å²) >= 11 is 7.25. The van der Waals surface area contributed by atoms with Crippen molar-refractivity contribution in [2.75, 3.05) is 0 Å². The second-order valence-electron chi connectivity index (χ2n) is 5.43. The summed E-state index contributed by atoms with van der Waals surface area (Å²) < 4.78 is 1.49. The van der Waals surface area contributed by atoms with Crippen molar-refractivity contribution < 1.29 is 4.92 Å². The molecule has 3 aromatic rings. The lowest BCUT2D eigenvalue weighted by atomic mass is 10.2. The molecule has 0 aliphatic rings. The molecule has 0 amide bonds. The Morgan fingerprint density at radius 1 is 1.31 bits per heavy atom. The summed E-state index contributed by atoms with van der Waals surface area (Å²) in [7, 11) is 0. The van der Waals surface area contributed by atoms with Crippen molar-refractivity contribution in [3.63, 3.8) is 0 Å². The average Bonchev–Trinajstić information content (AvgIpc) is 2.63. The Morgan fingerprint density at radius 3 is 2.81 bits per heavy atom. The van der Waals surface area contributed by atoms with Gasteiger partial charge in [-0.05, 0) is 18.2 Å². The van der Waals surface area contributed by atoms with Crippen LogP contribution in [-0.2, 0) is 12.3 Å². The first-order chi connectivity index (χ1) is 12.5. The molecule has 0 N–H and O–H groups in total. The summed E-state index contributed by atoms with van der Waals surface area (Å²) in [5, 5.41) is 12.5. The van der Waals surface area contributed by atoms with Gasteiger partial charge in [0.15, 0.2) is 5.16 Å². The van der Waals surface area contributed by atoms with Crippen LogP contribution in [0.15, 0.2) is 65.1 Å². The zero-order valence-electron chi connectivity index (χ0n) is 13.6. The maximum Gasteiger partial charge on any atom is 0.273 e. The molecule has 3 rings (SSSR count). The van der Waals surface area contributed by atoms with Crippen LogP contribution in [0, 0.1) is 10.1 Å². The van der Waals surface area contributed by atoms with Crippen molar-refractivity contribution >= 4 is 40.0 Å². The third-order valence-corrected chi connectivity index (χ3v) is 5.00. The number of nitro benzene ring substituents is 1. The van der Waals surface area contributed by atoms with Crippen LogP contribution in [0.2, 0.25) is 5.02 Å². The average molecular weight is 388 g/mol. The van der Waals surface area contributed by atoms with Gasteiger partial charge in [-0.3, -0.25) is 19.5 Å². The predicted molar refractivity (Wildman–Crippen MR) is 104 cm³/mol. The molecule has 2 aromatic carbocycles. The summed E-state index contributed by atoms with van der Waals surface area (Å²) in [6.07, 6.45) is 1.61. The number of rotatable bonds is 6. The Kier molecular flexibility index (Phi) is 5.39. The number of para-hydroxylation sites is 1. The summed E-state index contributed by atoms with van der Waals surface area (Å²) in [5.74, 6) is 0.319. The molecule has 0 aliphatic carbocycles. The van der Waals surface area contributed by atoms with Crippen molar-refractivity contribution in [2.24, 2.45) is 0 Å². The molecule has 0 atom stereocenters. The topological polar surface area (TPSA) is 78.0 Å². The van der Waals surface area contributed by atoms with Crippen LogP contribution in [-0.4, -0.2) is 14.5 Å². The van der Waals surface area contributed by atoms with E-state index in [1.54, 1.807) is 42.5 Å². The smallest absolute Gasteiger partial charge is 0.273 e. The number of nitro groups is 1. The van der Waals surface area contributed by atoms with Gasteiger partial charge >= 0.3 is 0 Å². The lowest BCUT2D eigenvalue weighted by Crippen LogP contribution is -2.22. The quantitative estimate of drug-likeness (QED) is 0.205. The van der Waals surface area contributed by atoms with E-state index in [0.717, 1.165) is 0 Å². The van der Waals surface area contributed by atoms with E-state index in [2.05, 4.69) is 11.6 Å². The maximum absolute atomic E-state index is 12.8. The highest BCUT2D eigenvalue weighted by atomic mass is 35.5. The van der Waals surface area contributed by atoms with Crippen molar-refractivity contribution in [1.29, 1.82) is 0 Å². The van der Waals surface area contributed by atoms with Crippen molar-refractivity contribution in [3.8, 4) is 0 Å². The Labute approximate surface area is 158 Å². The van der Waals surface area contributed by atoms with Gasteiger partial charge in [0.25, 0.3) is 11.2 Å². The van der Waals surface area contributed by atoms with Gasteiger partial charge in [0.2, 0.25) is 0 Å². The first-order valence-electron chi connectivity index (χ1n) is 7.67. The van der Waals surface area contributed by atoms with E-state index in [1.807, 2.05) is 0 Å². The third-order valence-electron chi connectivity index (χ3n) is 3.74. The molecule has 0 fully saturated rings. The molecular formula is C18H14ClN3O3S. The minimum absolute atomic E-state index is 0.0465. The summed E-state index contributed by atoms with van der Waals surface area (Å²) in [6.45, 7) is 3.96. The Balaban J connectivity index is 2.03. The lowest BCUT2D eigenvalue weighted by Gasteiger charge is -2.11. The summed E-state index contributed by atoms with van der Waals surface area (Å²) in [5.41, 5.74) is 0.926. The van der Waals surface area contributed by atoms with Gasteiger partial charge in [-0.25, -0.2) is 4.98 Å². The molecule has 0 spiro atoms. The molecule has 0 aliphatic heterocycles. The van der Waals surface area contributed by atoms with Crippen LogP contribution in [0.4, 0.5) is 5.69 Å². The molecule has 8 heteroatoms. The molecule has 1 aromatic heterocycles. The number of nitrogens with zero attached hydrogens (tertiary/aromatic N) is 3. The maximum atomic E-state index is 12.8. The van der Waals surface area contributed by atoms with Gasteiger partial charge in [-0.1, -0.05) is 47.6 Å². The highest BCUT2D eigenvalue weighted by Gasteiger charge is 2.15. The van der Waals surface area contributed by atoms with Gasteiger partial charge in [-0.15, -0.1) is 6.58 Å². The van der Waals surface area contributed by atoms with Crippen LogP contribution in [0.25, 0.3) is 10.9 Å². The Hall–Kier alpha value is -2.64. The van der Waals surface area contributed by atoms with Crippen LogP contribution in [0.3, 0.4) is 0 Å². The molecule has 0 unspecified atom stereocenters. The van der Waals surface area contributed by atoms with E-state index >= 15 is 0 Å². The number of aromatic nitrogens is 2. The molecule has 0 bridgehead atoms. The van der Waals surface area contributed by atoms with E-state index in [9.17, 15) is 14.9 Å². The number of hydrogen-bond donors (Lipinski definition) is 0. The normalized spacial score (nSPS) is 10.8. The summed E-state index contributed by atoms with van der Waals surface area (Å²) in [6, 6.07) is 11.5. The minimum Gasteiger partial charge on any atom is -0.283 e. The van der Waals surface area contributed by atoms with Crippen LogP contribution in [0.5, 0.6) is 0 Å². The highest BCUT2D eigenvalue weighted by molar-refractivity contribution is 7.98. The molecular weight excluding hydrogens is 374 g/mol. The van der Waals surface area contributed by atoms with E-state index in [-0.39, 0.29) is 17.8 Å². The van der Waals surface area contributed by atoms with Gasteiger partial charge in [0.1, 0.15) is 0 Å². The van der Waals surface area contributed by atoms with Crippen molar-refractivity contribution in [1.82, 2.24) is 9.55 Å². The number of hydrogen-bond acceptors (Lipinski definition) is 5. The van der Waals surface area contributed by atoms with Crippen LogP contribution < -0.4 is 5.56 Å². The zero-order valence-corrected chi connectivity index (χ0v) is 15.2. The molecule has 1 heterocycles. The second-order valence-corrected chi connectivity index (χ2v) is 6.81. The second kappa shape index (κ2) is 7.72. The monoisotopic (exact) mass is 387 g/mol. The first kappa shape index (κ1) is 18.2. The zero-order chi connectivity index (χ0) is 18.7. The minimum atomic E-state index is -0.414. The molecule has 0 saturated heterocycles. The van der Waals surface area contributed by atoms with Crippen LogP contribution >= 0.6 is 23.4 Å². The first-order valence-corrected chi connectivity index (χ1v) is 9.03. The summed E-state index contributed by atoms with van der Waals surface area (Å²) in [4.78, 5) is 28.1. The fraction of sp³-hybridized carbons (Fsp3) is 0.111. The van der Waals surface area contributed by atoms with E-state index in [4.69, 9.17) is 11.6 Å². The van der Waals surface area contributed by atoms with Crippen molar-refractivity contribution in [3.05, 3.63) is 86.2 Å². The fourth-order valence-electron chi connectivity index (χ4n) is 2.53. The number of allylic oxidation sites excluding steroid dienone is 1.